The molecule has 2 heterocycles. The molecule has 118 valence electrons. The fourth-order valence-corrected chi connectivity index (χ4v) is 3.23. The van der Waals surface area contributed by atoms with Gasteiger partial charge in [-0.15, -0.1) is 11.8 Å². The third-order valence-corrected chi connectivity index (χ3v) is 4.74. The van der Waals surface area contributed by atoms with Crippen molar-refractivity contribution in [3.63, 3.8) is 0 Å². The number of carbonyl (C=O) groups excluding carboxylic acids is 2. The molecule has 6 heteroatoms. The molecular weight excluding hydrogens is 310 g/mol. The summed E-state index contributed by atoms with van der Waals surface area (Å²) < 4.78 is 0. The summed E-state index contributed by atoms with van der Waals surface area (Å²) in [5, 5.41) is 5.60. The Morgan fingerprint density at radius 3 is 3.00 bits per heavy atom. The highest BCUT2D eigenvalue weighted by Gasteiger charge is 2.23. The summed E-state index contributed by atoms with van der Waals surface area (Å²) in [6.07, 6.45) is 2.42. The molecule has 0 unspecified atom stereocenters. The summed E-state index contributed by atoms with van der Waals surface area (Å²) in [6, 6.07) is 11.1. The monoisotopic (exact) mass is 327 g/mol. The van der Waals surface area contributed by atoms with Crippen molar-refractivity contribution in [3.8, 4) is 0 Å². The highest BCUT2D eigenvalue weighted by atomic mass is 32.2. The number of rotatable bonds is 4. The highest BCUT2D eigenvalue weighted by molar-refractivity contribution is 8.00. The van der Waals surface area contributed by atoms with Crippen molar-refractivity contribution in [3.05, 3.63) is 53.9 Å². The van der Waals surface area contributed by atoms with Crippen LogP contribution >= 0.6 is 11.8 Å². The number of carbonyl (C=O) groups is 2. The molecule has 0 saturated heterocycles. The van der Waals surface area contributed by atoms with E-state index in [0.717, 1.165) is 10.6 Å². The van der Waals surface area contributed by atoms with E-state index in [9.17, 15) is 9.59 Å². The predicted molar refractivity (Wildman–Crippen MR) is 90.7 cm³/mol. The van der Waals surface area contributed by atoms with E-state index in [0.29, 0.717) is 24.2 Å². The second-order valence-corrected chi connectivity index (χ2v) is 6.67. The van der Waals surface area contributed by atoms with Crippen LogP contribution in [0, 0.1) is 0 Å². The number of nitrogens with zero attached hydrogens (tertiary/aromatic N) is 1. The van der Waals surface area contributed by atoms with E-state index >= 15 is 0 Å². The molecule has 5 nitrogen and oxygen atoms in total. The number of amides is 2. The lowest BCUT2D eigenvalue weighted by atomic mass is 10.1. The lowest BCUT2D eigenvalue weighted by Crippen LogP contribution is -2.28. The third kappa shape index (κ3) is 3.71. The molecule has 3 rings (SSSR count). The summed E-state index contributed by atoms with van der Waals surface area (Å²) in [7, 11) is 0. The fraction of sp³-hybridized carbons (Fsp3) is 0.235. The Morgan fingerprint density at radius 2 is 2.22 bits per heavy atom. The highest BCUT2D eigenvalue weighted by Crippen LogP contribution is 2.35. The van der Waals surface area contributed by atoms with Crippen LogP contribution in [0.25, 0.3) is 0 Å². The molecule has 0 saturated carbocycles. The van der Waals surface area contributed by atoms with Crippen molar-refractivity contribution in [1.82, 2.24) is 10.3 Å². The SMILES string of the molecule is C[C@@H]1Sc2ccc(C(=O)NCCc3ccccn3)cc2NC1=O. The van der Waals surface area contributed by atoms with Gasteiger partial charge in [0.25, 0.3) is 5.91 Å². The first kappa shape index (κ1) is 15.6. The van der Waals surface area contributed by atoms with Crippen molar-refractivity contribution >= 4 is 29.3 Å². The first-order valence-electron chi connectivity index (χ1n) is 7.43. The maximum Gasteiger partial charge on any atom is 0.251 e. The van der Waals surface area contributed by atoms with Crippen molar-refractivity contribution in [2.45, 2.75) is 23.5 Å². The molecule has 2 amide bonds. The second kappa shape index (κ2) is 6.83. The molecule has 2 aromatic rings. The molecule has 1 aromatic carbocycles. The topological polar surface area (TPSA) is 71.1 Å². The van der Waals surface area contributed by atoms with E-state index < -0.39 is 0 Å². The molecule has 1 aromatic heterocycles. The molecule has 23 heavy (non-hydrogen) atoms. The van der Waals surface area contributed by atoms with Gasteiger partial charge in [-0.05, 0) is 37.3 Å². The predicted octanol–water partition coefficient (Wildman–Crippen LogP) is 2.49. The Balaban J connectivity index is 1.62. The van der Waals surface area contributed by atoms with Crippen LogP contribution in [0.15, 0.2) is 47.5 Å². The standard InChI is InChI=1S/C17H17N3O2S/c1-11-16(21)20-14-10-12(5-6-15(14)23-11)17(22)19-9-7-13-4-2-3-8-18-13/h2-6,8,10-11H,7,9H2,1H3,(H,19,22)(H,20,21)/t11-/m0/s1. The zero-order valence-electron chi connectivity index (χ0n) is 12.7. The fourth-order valence-electron chi connectivity index (χ4n) is 2.30. The Labute approximate surface area is 138 Å². The molecule has 0 bridgehead atoms. The van der Waals surface area contributed by atoms with Crippen LogP contribution in [0.5, 0.6) is 0 Å². The minimum atomic E-state index is -0.151. The van der Waals surface area contributed by atoms with Crippen LogP contribution < -0.4 is 10.6 Å². The van der Waals surface area contributed by atoms with Gasteiger partial charge in [-0.1, -0.05) is 6.07 Å². The summed E-state index contributed by atoms with van der Waals surface area (Å²) in [5.41, 5.74) is 2.19. The van der Waals surface area contributed by atoms with Gasteiger partial charge in [0, 0.05) is 35.3 Å². The van der Waals surface area contributed by atoms with Crippen molar-refractivity contribution < 1.29 is 9.59 Å². The maximum atomic E-state index is 12.2. The molecule has 0 aliphatic carbocycles. The van der Waals surface area contributed by atoms with E-state index in [4.69, 9.17) is 0 Å². The quantitative estimate of drug-likeness (QED) is 0.905. The molecule has 1 aliphatic rings. The van der Waals surface area contributed by atoms with Crippen LogP contribution in [0.1, 0.15) is 23.0 Å². The Morgan fingerprint density at radius 1 is 1.35 bits per heavy atom. The largest absolute Gasteiger partial charge is 0.352 e. The van der Waals surface area contributed by atoms with Gasteiger partial charge in [-0.3, -0.25) is 14.6 Å². The molecule has 0 fully saturated rings. The molecule has 0 radical (unpaired) electrons. The van der Waals surface area contributed by atoms with Crippen LogP contribution in [-0.4, -0.2) is 28.6 Å². The minimum Gasteiger partial charge on any atom is -0.352 e. The van der Waals surface area contributed by atoms with Gasteiger partial charge in [-0.25, -0.2) is 0 Å². The summed E-state index contributed by atoms with van der Waals surface area (Å²) >= 11 is 1.50. The van der Waals surface area contributed by atoms with Crippen LogP contribution in [0.3, 0.4) is 0 Å². The van der Waals surface area contributed by atoms with E-state index in [1.165, 1.54) is 11.8 Å². The summed E-state index contributed by atoms with van der Waals surface area (Å²) in [6.45, 7) is 2.38. The third-order valence-electron chi connectivity index (χ3n) is 3.57. The lowest BCUT2D eigenvalue weighted by Gasteiger charge is -2.21. The van der Waals surface area contributed by atoms with E-state index in [-0.39, 0.29) is 17.1 Å². The number of anilines is 1. The van der Waals surface area contributed by atoms with Gasteiger partial charge >= 0.3 is 0 Å². The van der Waals surface area contributed by atoms with E-state index in [1.807, 2.05) is 31.2 Å². The Hall–Kier alpha value is -2.34. The van der Waals surface area contributed by atoms with Gasteiger partial charge in [0.2, 0.25) is 5.91 Å². The summed E-state index contributed by atoms with van der Waals surface area (Å²) in [5.74, 6) is -0.184. The van der Waals surface area contributed by atoms with Crippen LogP contribution in [0.2, 0.25) is 0 Å². The molecule has 0 spiro atoms. The number of thioether (sulfide) groups is 1. The Kier molecular flexibility index (Phi) is 4.62. The number of aromatic nitrogens is 1. The minimum absolute atomic E-state index is 0.0322. The molecular formula is C17H17N3O2S. The normalized spacial score (nSPS) is 16.4. The van der Waals surface area contributed by atoms with Gasteiger partial charge in [0.1, 0.15) is 0 Å². The zero-order chi connectivity index (χ0) is 16.2. The van der Waals surface area contributed by atoms with Gasteiger partial charge in [0.15, 0.2) is 0 Å². The maximum absolute atomic E-state index is 12.2. The average molecular weight is 327 g/mol. The number of pyridine rings is 1. The van der Waals surface area contributed by atoms with Crippen LogP contribution in [-0.2, 0) is 11.2 Å². The average Bonchev–Trinajstić information content (AvgIpc) is 2.56. The zero-order valence-corrected chi connectivity index (χ0v) is 13.5. The first-order valence-corrected chi connectivity index (χ1v) is 8.31. The van der Waals surface area contributed by atoms with Crippen molar-refractivity contribution in [2.24, 2.45) is 0 Å². The van der Waals surface area contributed by atoms with Crippen molar-refractivity contribution in [2.75, 3.05) is 11.9 Å². The number of hydrogen-bond donors (Lipinski definition) is 2. The van der Waals surface area contributed by atoms with Crippen LogP contribution in [0.4, 0.5) is 5.69 Å². The number of hydrogen-bond acceptors (Lipinski definition) is 4. The van der Waals surface area contributed by atoms with Gasteiger partial charge in [0.05, 0.1) is 10.9 Å². The van der Waals surface area contributed by atoms with Gasteiger partial charge in [-0.2, -0.15) is 0 Å². The number of benzene rings is 1. The molecule has 2 N–H and O–H groups in total. The number of fused-ring (bicyclic) bond motifs is 1. The summed E-state index contributed by atoms with van der Waals surface area (Å²) in [4.78, 5) is 29.2. The van der Waals surface area contributed by atoms with Gasteiger partial charge < -0.3 is 10.6 Å². The van der Waals surface area contributed by atoms with E-state index in [2.05, 4.69) is 15.6 Å². The first-order chi connectivity index (χ1) is 11.1. The van der Waals surface area contributed by atoms with E-state index in [1.54, 1.807) is 18.3 Å². The molecule has 1 aliphatic heterocycles. The second-order valence-electron chi connectivity index (χ2n) is 5.29. The van der Waals surface area contributed by atoms with Crippen molar-refractivity contribution in [1.29, 1.82) is 0 Å². The molecule has 1 atom stereocenters. The Bertz CT molecular complexity index is 734. The smallest absolute Gasteiger partial charge is 0.251 e. The lowest BCUT2D eigenvalue weighted by molar-refractivity contribution is -0.115. The number of nitrogens with one attached hydrogen (secondary N) is 2.